The van der Waals surface area contributed by atoms with Crippen molar-refractivity contribution < 1.29 is 28.5 Å². The Labute approximate surface area is 229 Å². The fourth-order valence-corrected chi connectivity index (χ4v) is 3.63. The molecule has 0 aliphatic heterocycles. The minimum absolute atomic E-state index is 0.150. The van der Waals surface area contributed by atoms with Gasteiger partial charge in [-0.25, -0.2) is 4.79 Å². The number of nitriles is 2. The molecule has 2 aromatic carbocycles. The highest BCUT2D eigenvalue weighted by Gasteiger charge is 2.38. The van der Waals surface area contributed by atoms with E-state index in [0.717, 1.165) is 11.1 Å². The summed E-state index contributed by atoms with van der Waals surface area (Å²) in [6.45, 7) is 12.9. The average molecular weight is 537 g/mol. The molecule has 3 unspecified atom stereocenters. The van der Waals surface area contributed by atoms with E-state index in [1.165, 1.54) is 0 Å². The van der Waals surface area contributed by atoms with Gasteiger partial charge in [0.2, 0.25) is 0 Å². The second-order valence-corrected chi connectivity index (χ2v) is 9.78. The van der Waals surface area contributed by atoms with E-state index in [1.807, 2.05) is 27.7 Å². The van der Waals surface area contributed by atoms with Crippen LogP contribution in [0.15, 0.2) is 36.4 Å². The van der Waals surface area contributed by atoms with Gasteiger partial charge in [0, 0.05) is 29.4 Å². The van der Waals surface area contributed by atoms with E-state index < -0.39 is 17.3 Å². The van der Waals surface area contributed by atoms with Gasteiger partial charge < -0.3 is 24.3 Å². The Hall–Kier alpha value is -4.28. The van der Waals surface area contributed by atoms with Crippen molar-refractivity contribution in [2.75, 3.05) is 17.2 Å². The summed E-state index contributed by atoms with van der Waals surface area (Å²) in [4.78, 5) is 25.9. The van der Waals surface area contributed by atoms with Crippen LogP contribution >= 0.6 is 0 Å². The van der Waals surface area contributed by atoms with E-state index in [1.54, 1.807) is 69.7 Å². The highest BCUT2D eigenvalue weighted by molar-refractivity contribution is 5.97. The van der Waals surface area contributed by atoms with Crippen molar-refractivity contribution in [3.8, 4) is 24.0 Å². The second kappa shape index (κ2) is 13.5. The standard InChI is InChI=1S/C29H36N4O6/c1-8-28(6,39-27(35)33-23-13-11-20(4)25(15-23)37-18-31)21(5)16-38-29(7,9-2)26(34)32-22-12-10-19(3)24(14-22)36-17-30/h10-15,21H,8-9,16H2,1-7H3,(H,32,34)(H,33,35). The molecule has 0 aromatic heterocycles. The normalized spacial score (nSPS) is 14.4. The number of nitrogens with zero attached hydrogens (tertiary/aromatic N) is 2. The zero-order chi connectivity index (χ0) is 29.2. The summed E-state index contributed by atoms with van der Waals surface area (Å²) in [6, 6.07) is 10.0. The molecule has 0 bridgehead atoms. The third-order valence-corrected chi connectivity index (χ3v) is 7.07. The lowest BCUT2D eigenvalue weighted by atomic mass is 9.88. The number of nitrogens with one attached hydrogen (secondary N) is 2. The van der Waals surface area contributed by atoms with Gasteiger partial charge in [0.15, 0.2) is 0 Å². The number of hydrogen-bond donors (Lipinski definition) is 2. The Bertz CT molecular complexity index is 1270. The molecular formula is C29H36N4O6. The van der Waals surface area contributed by atoms with E-state index in [2.05, 4.69) is 10.6 Å². The van der Waals surface area contributed by atoms with Gasteiger partial charge in [0.25, 0.3) is 18.4 Å². The minimum atomic E-state index is -1.16. The zero-order valence-electron chi connectivity index (χ0n) is 23.5. The third kappa shape index (κ3) is 8.10. The number of anilines is 2. The highest BCUT2D eigenvalue weighted by Crippen LogP contribution is 2.30. The topological polar surface area (TPSA) is 143 Å². The van der Waals surface area contributed by atoms with Gasteiger partial charge in [0.1, 0.15) is 22.7 Å². The van der Waals surface area contributed by atoms with E-state index >= 15 is 0 Å². The summed E-state index contributed by atoms with van der Waals surface area (Å²) in [5, 5.41) is 23.1. The number of rotatable bonds is 12. The van der Waals surface area contributed by atoms with Crippen LogP contribution in [-0.4, -0.2) is 29.8 Å². The first-order valence-corrected chi connectivity index (χ1v) is 12.7. The van der Waals surface area contributed by atoms with Crippen LogP contribution in [0.5, 0.6) is 11.5 Å². The summed E-state index contributed by atoms with van der Waals surface area (Å²) >= 11 is 0. The van der Waals surface area contributed by atoms with Gasteiger partial charge in [-0.3, -0.25) is 10.1 Å². The number of carbonyl (C=O) groups excluding carboxylic acids is 2. The van der Waals surface area contributed by atoms with E-state index in [9.17, 15) is 9.59 Å². The lowest BCUT2D eigenvalue weighted by molar-refractivity contribution is -0.146. The van der Waals surface area contributed by atoms with Gasteiger partial charge in [0.05, 0.1) is 6.61 Å². The molecule has 2 amide bonds. The van der Waals surface area contributed by atoms with Crippen LogP contribution in [0.1, 0.15) is 58.6 Å². The maximum absolute atomic E-state index is 13.2. The Balaban J connectivity index is 2.06. The van der Waals surface area contributed by atoms with Crippen molar-refractivity contribution in [2.45, 2.75) is 72.5 Å². The van der Waals surface area contributed by atoms with Gasteiger partial charge in [-0.15, -0.1) is 10.5 Å². The molecule has 0 saturated carbocycles. The molecule has 208 valence electrons. The largest absolute Gasteiger partial charge is 0.443 e. The van der Waals surface area contributed by atoms with Gasteiger partial charge in [-0.05, 0) is 63.8 Å². The molecule has 2 N–H and O–H groups in total. The van der Waals surface area contributed by atoms with Crippen LogP contribution in [-0.2, 0) is 14.3 Å². The van der Waals surface area contributed by atoms with Crippen LogP contribution in [0.2, 0.25) is 0 Å². The molecule has 2 aromatic rings. The average Bonchev–Trinajstić information content (AvgIpc) is 2.90. The van der Waals surface area contributed by atoms with E-state index in [-0.39, 0.29) is 18.4 Å². The van der Waals surface area contributed by atoms with Crippen molar-refractivity contribution in [3.63, 3.8) is 0 Å². The Morgan fingerprint density at radius 2 is 1.41 bits per heavy atom. The first kappa shape index (κ1) is 30.9. The van der Waals surface area contributed by atoms with Gasteiger partial charge >= 0.3 is 6.09 Å². The van der Waals surface area contributed by atoms with Gasteiger partial charge in [-0.2, -0.15) is 0 Å². The molecule has 10 nitrogen and oxygen atoms in total. The molecule has 0 radical (unpaired) electrons. The summed E-state index contributed by atoms with van der Waals surface area (Å²) in [6.07, 6.45) is 3.50. The molecule has 39 heavy (non-hydrogen) atoms. The quantitative estimate of drug-likeness (QED) is 0.305. The molecular weight excluding hydrogens is 500 g/mol. The molecule has 0 fully saturated rings. The number of hydrogen-bond acceptors (Lipinski definition) is 8. The van der Waals surface area contributed by atoms with Crippen LogP contribution in [0.25, 0.3) is 0 Å². The molecule has 0 saturated heterocycles. The first-order chi connectivity index (χ1) is 18.4. The van der Waals surface area contributed by atoms with Crippen LogP contribution in [0, 0.1) is 42.8 Å². The fraction of sp³-hybridized carbons (Fsp3) is 0.448. The Kier molecular flexibility index (Phi) is 10.7. The molecule has 10 heteroatoms. The molecule has 2 rings (SSSR count). The SMILES string of the molecule is CCC(C)(OCC(C)C(C)(CC)OC(=O)Nc1ccc(C)c(OC#N)c1)C(=O)Nc1ccc(C)c(OC#N)c1. The van der Waals surface area contributed by atoms with E-state index in [4.69, 9.17) is 29.5 Å². The third-order valence-electron chi connectivity index (χ3n) is 7.07. The van der Waals surface area contributed by atoms with Crippen LogP contribution in [0.3, 0.4) is 0 Å². The van der Waals surface area contributed by atoms with Crippen LogP contribution in [0.4, 0.5) is 16.2 Å². The van der Waals surface area contributed by atoms with Crippen molar-refractivity contribution in [2.24, 2.45) is 5.92 Å². The minimum Gasteiger partial charge on any atom is -0.443 e. The summed E-state index contributed by atoms with van der Waals surface area (Å²) in [5.74, 6) is 0.0801. The lowest BCUT2D eigenvalue weighted by Gasteiger charge is -2.36. The number of amides is 2. The second-order valence-electron chi connectivity index (χ2n) is 9.78. The van der Waals surface area contributed by atoms with Crippen molar-refractivity contribution in [1.82, 2.24) is 0 Å². The molecule has 0 aliphatic rings. The van der Waals surface area contributed by atoms with Crippen LogP contribution < -0.4 is 20.1 Å². The Morgan fingerprint density at radius 1 is 0.897 bits per heavy atom. The molecule has 0 heterocycles. The predicted octanol–water partition coefficient (Wildman–Crippen LogP) is 6.20. The smallest absolute Gasteiger partial charge is 0.412 e. The predicted molar refractivity (Wildman–Crippen MR) is 146 cm³/mol. The first-order valence-electron chi connectivity index (χ1n) is 12.7. The number of ether oxygens (including phenoxy) is 4. The van der Waals surface area contributed by atoms with Gasteiger partial charge in [-0.1, -0.05) is 32.9 Å². The van der Waals surface area contributed by atoms with E-state index in [0.29, 0.717) is 35.7 Å². The van der Waals surface area contributed by atoms with Crippen molar-refractivity contribution in [1.29, 1.82) is 10.5 Å². The summed E-state index contributed by atoms with van der Waals surface area (Å²) in [5.41, 5.74) is 0.357. The van der Waals surface area contributed by atoms with Crippen molar-refractivity contribution in [3.05, 3.63) is 47.5 Å². The molecule has 0 spiro atoms. The fourth-order valence-electron chi connectivity index (χ4n) is 3.63. The molecule has 3 atom stereocenters. The Morgan fingerprint density at radius 3 is 1.87 bits per heavy atom. The summed E-state index contributed by atoms with van der Waals surface area (Å²) < 4.78 is 21.8. The van der Waals surface area contributed by atoms with Crippen molar-refractivity contribution >= 4 is 23.4 Å². The maximum atomic E-state index is 13.2. The molecule has 0 aliphatic carbocycles. The number of carbonyl (C=O) groups is 2. The number of aryl methyl sites for hydroxylation is 2. The highest BCUT2D eigenvalue weighted by atomic mass is 16.6. The maximum Gasteiger partial charge on any atom is 0.412 e. The zero-order valence-corrected chi connectivity index (χ0v) is 23.5. The lowest BCUT2D eigenvalue weighted by Crippen LogP contribution is -2.46. The number of benzene rings is 2. The monoisotopic (exact) mass is 536 g/mol. The summed E-state index contributed by atoms with van der Waals surface area (Å²) in [7, 11) is 0.